The normalized spacial score (nSPS) is 10.5. The van der Waals surface area contributed by atoms with E-state index in [9.17, 15) is 14.0 Å². The van der Waals surface area contributed by atoms with E-state index in [-0.39, 0.29) is 11.3 Å². The summed E-state index contributed by atoms with van der Waals surface area (Å²) in [5.41, 5.74) is 0.669. The molecule has 0 aromatic heterocycles. The van der Waals surface area contributed by atoms with Gasteiger partial charge >= 0.3 is 11.9 Å². The van der Waals surface area contributed by atoms with Gasteiger partial charge in [-0.1, -0.05) is 39.0 Å². The first-order chi connectivity index (χ1) is 16.5. The Morgan fingerprint density at radius 1 is 0.618 bits per heavy atom. The molecule has 178 valence electrons. The number of esters is 2. The highest BCUT2D eigenvalue weighted by atomic mass is 19.1. The number of halogens is 1. The third-order valence-corrected chi connectivity index (χ3v) is 5.18. The van der Waals surface area contributed by atoms with E-state index in [0.717, 1.165) is 12.8 Å². The van der Waals surface area contributed by atoms with Gasteiger partial charge in [-0.15, -0.1) is 0 Å². The Bertz CT molecular complexity index is 1040. The molecule has 0 spiro atoms. The predicted octanol–water partition coefficient (Wildman–Crippen LogP) is 7.00. The summed E-state index contributed by atoms with van der Waals surface area (Å²) in [4.78, 5) is 24.6. The second-order valence-electron chi connectivity index (χ2n) is 7.90. The van der Waals surface area contributed by atoms with Gasteiger partial charge < -0.3 is 14.2 Å². The number of carbonyl (C=O) groups is 2. The molecular weight excluding hydrogens is 435 g/mol. The lowest BCUT2D eigenvalue weighted by Gasteiger charge is -2.08. The molecule has 3 rings (SSSR count). The molecule has 0 saturated carbocycles. The van der Waals surface area contributed by atoms with Crippen LogP contribution in [0.3, 0.4) is 0 Å². The van der Waals surface area contributed by atoms with Crippen LogP contribution in [0.25, 0.3) is 0 Å². The second kappa shape index (κ2) is 13.1. The topological polar surface area (TPSA) is 61.8 Å². The number of hydrogen-bond acceptors (Lipinski definition) is 5. The molecule has 0 heterocycles. The number of ether oxygens (including phenoxy) is 3. The van der Waals surface area contributed by atoms with E-state index in [1.807, 2.05) is 0 Å². The van der Waals surface area contributed by atoms with Gasteiger partial charge in [0.05, 0.1) is 17.7 Å². The van der Waals surface area contributed by atoms with Crippen LogP contribution in [-0.4, -0.2) is 18.5 Å². The third kappa shape index (κ3) is 8.03. The molecule has 34 heavy (non-hydrogen) atoms. The van der Waals surface area contributed by atoms with Crippen molar-refractivity contribution >= 4 is 11.9 Å². The molecule has 0 fully saturated rings. The SMILES string of the molecule is CCCCCCCCOc1ccc(C(=O)Oc2ccc(C(=O)Oc3ccc(F)cc3)cc2)cc1. The molecule has 5 nitrogen and oxygen atoms in total. The number of carbonyl (C=O) groups excluding carboxylic acids is 2. The fraction of sp³-hybridized carbons (Fsp3) is 0.286. The average molecular weight is 465 g/mol. The van der Waals surface area contributed by atoms with Gasteiger partial charge in [0.2, 0.25) is 0 Å². The summed E-state index contributed by atoms with van der Waals surface area (Å²) < 4.78 is 29.3. The van der Waals surface area contributed by atoms with Crippen molar-refractivity contribution in [1.82, 2.24) is 0 Å². The fourth-order valence-corrected chi connectivity index (χ4v) is 3.25. The molecule has 0 atom stereocenters. The minimum absolute atomic E-state index is 0.237. The summed E-state index contributed by atoms with van der Waals surface area (Å²) in [6.07, 6.45) is 7.21. The van der Waals surface area contributed by atoms with Crippen molar-refractivity contribution in [2.45, 2.75) is 45.4 Å². The van der Waals surface area contributed by atoms with Gasteiger partial charge in [-0.2, -0.15) is 0 Å². The van der Waals surface area contributed by atoms with Gasteiger partial charge in [0, 0.05) is 0 Å². The van der Waals surface area contributed by atoms with Gasteiger partial charge in [-0.05, 0) is 79.2 Å². The number of benzene rings is 3. The molecule has 3 aromatic carbocycles. The molecule has 0 saturated heterocycles. The third-order valence-electron chi connectivity index (χ3n) is 5.18. The van der Waals surface area contributed by atoms with E-state index in [0.29, 0.717) is 23.7 Å². The van der Waals surface area contributed by atoms with Crippen molar-refractivity contribution in [3.05, 3.63) is 89.7 Å². The molecule has 0 radical (unpaired) electrons. The zero-order chi connectivity index (χ0) is 24.2. The summed E-state index contributed by atoms with van der Waals surface area (Å²) in [6, 6.07) is 18.0. The molecule has 0 aliphatic carbocycles. The molecule has 0 amide bonds. The van der Waals surface area contributed by atoms with Gasteiger partial charge in [0.1, 0.15) is 23.1 Å². The van der Waals surface area contributed by atoms with Gasteiger partial charge in [0.25, 0.3) is 0 Å². The summed E-state index contributed by atoms with van der Waals surface area (Å²) in [7, 11) is 0. The first-order valence-corrected chi connectivity index (χ1v) is 11.6. The van der Waals surface area contributed by atoms with Crippen molar-refractivity contribution < 1.29 is 28.2 Å². The summed E-state index contributed by atoms with van der Waals surface area (Å²) >= 11 is 0. The smallest absolute Gasteiger partial charge is 0.343 e. The number of hydrogen-bond donors (Lipinski definition) is 0. The lowest BCUT2D eigenvalue weighted by Crippen LogP contribution is -2.10. The number of rotatable bonds is 12. The average Bonchev–Trinajstić information content (AvgIpc) is 2.85. The Kier molecular flexibility index (Phi) is 9.65. The van der Waals surface area contributed by atoms with E-state index >= 15 is 0 Å². The zero-order valence-corrected chi connectivity index (χ0v) is 19.3. The Morgan fingerprint density at radius 3 is 1.59 bits per heavy atom. The van der Waals surface area contributed by atoms with Gasteiger partial charge in [-0.25, -0.2) is 14.0 Å². The maximum atomic E-state index is 13.0. The fourth-order valence-electron chi connectivity index (χ4n) is 3.25. The zero-order valence-electron chi connectivity index (χ0n) is 19.3. The van der Waals surface area contributed by atoms with E-state index in [4.69, 9.17) is 14.2 Å². The molecule has 3 aromatic rings. The van der Waals surface area contributed by atoms with Crippen molar-refractivity contribution in [3.8, 4) is 17.2 Å². The Labute approximate surface area is 199 Å². The van der Waals surface area contributed by atoms with Crippen LogP contribution >= 0.6 is 0 Å². The van der Waals surface area contributed by atoms with E-state index in [2.05, 4.69) is 6.92 Å². The van der Waals surface area contributed by atoms with Crippen molar-refractivity contribution in [2.75, 3.05) is 6.61 Å². The standard InChI is InChI=1S/C28H29FO5/c1-2-3-4-5-6-7-20-32-24-14-8-21(9-15-24)27(30)33-25-16-10-22(11-17-25)28(31)34-26-18-12-23(29)13-19-26/h8-19H,2-7,20H2,1H3. The van der Waals surface area contributed by atoms with Crippen LogP contribution in [0.15, 0.2) is 72.8 Å². The molecule has 0 aliphatic rings. The van der Waals surface area contributed by atoms with E-state index in [1.54, 1.807) is 24.3 Å². The van der Waals surface area contributed by atoms with Crippen LogP contribution in [0, 0.1) is 5.82 Å². The molecule has 6 heteroatoms. The van der Waals surface area contributed by atoms with Crippen LogP contribution in [0.5, 0.6) is 17.2 Å². The van der Waals surface area contributed by atoms with Crippen molar-refractivity contribution in [3.63, 3.8) is 0 Å². The number of unbranched alkanes of at least 4 members (excludes halogenated alkanes) is 5. The second-order valence-corrected chi connectivity index (χ2v) is 7.90. The first kappa shape index (κ1) is 25.0. The van der Waals surface area contributed by atoms with Crippen molar-refractivity contribution in [1.29, 1.82) is 0 Å². The highest BCUT2D eigenvalue weighted by molar-refractivity contribution is 5.92. The Morgan fingerprint density at radius 2 is 1.06 bits per heavy atom. The van der Waals surface area contributed by atoms with Gasteiger partial charge in [0.15, 0.2) is 0 Å². The minimum Gasteiger partial charge on any atom is -0.494 e. The quantitative estimate of drug-likeness (QED) is 0.164. The molecule has 0 unspecified atom stereocenters. The van der Waals surface area contributed by atoms with Gasteiger partial charge in [-0.3, -0.25) is 0 Å². The Hall–Kier alpha value is -3.67. The van der Waals surface area contributed by atoms with Crippen LogP contribution in [0.4, 0.5) is 4.39 Å². The lowest BCUT2D eigenvalue weighted by molar-refractivity contribution is 0.0730. The lowest BCUT2D eigenvalue weighted by atomic mass is 10.1. The maximum absolute atomic E-state index is 13.0. The summed E-state index contributed by atoms with van der Waals surface area (Å²) in [5, 5.41) is 0. The summed E-state index contributed by atoms with van der Waals surface area (Å²) in [5.74, 6) is -0.270. The largest absolute Gasteiger partial charge is 0.494 e. The minimum atomic E-state index is -0.596. The highest BCUT2D eigenvalue weighted by Gasteiger charge is 2.12. The van der Waals surface area contributed by atoms with E-state index < -0.39 is 17.8 Å². The summed E-state index contributed by atoms with van der Waals surface area (Å²) in [6.45, 7) is 2.86. The van der Waals surface area contributed by atoms with Crippen LogP contribution < -0.4 is 14.2 Å². The predicted molar refractivity (Wildman–Crippen MR) is 128 cm³/mol. The van der Waals surface area contributed by atoms with Crippen LogP contribution in [0.2, 0.25) is 0 Å². The molecule has 0 bridgehead atoms. The Balaban J connectivity index is 1.44. The maximum Gasteiger partial charge on any atom is 0.343 e. The first-order valence-electron chi connectivity index (χ1n) is 11.6. The van der Waals surface area contributed by atoms with Crippen LogP contribution in [0.1, 0.15) is 66.2 Å². The molecule has 0 aliphatic heterocycles. The van der Waals surface area contributed by atoms with Crippen molar-refractivity contribution in [2.24, 2.45) is 0 Å². The monoisotopic (exact) mass is 464 g/mol. The highest BCUT2D eigenvalue weighted by Crippen LogP contribution is 2.19. The molecular formula is C28H29FO5. The molecule has 0 N–H and O–H groups in total. The van der Waals surface area contributed by atoms with Crippen LogP contribution in [-0.2, 0) is 0 Å². The van der Waals surface area contributed by atoms with E-state index in [1.165, 1.54) is 74.2 Å².